The van der Waals surface area contributed by atoms with E-state index in [-0.39, 0.29) is 42.1 Å². The van der Waals surface area contributed by atoms with Gasteiger partial charge in [0.1, 0.15) is 23.4 Å². The lowest BCUT2D eigenvalue weighted by Crippen LogP contribution is -2.51. The highest BCUT2D eigenvalue weighted by molar-refractivity contribution is 7.90. The fourth-order valence-corrected chi connectivity index (χ4v) is 8.40. The Kier molecular flexibility index (Phi) is 17.1. The van der Waals surface area contributed by atoms with Crippen LogP contribution in [0.2, 0.25) is 0 Å². The summed E-state index contributed by atoms with van der Waals surface area (Å²) in [6.45, 7) is 14.8. The fraction of sp³-hybridized carbons (Fsp3) is 0.548. The maximum atomic E-state index is 14.3. The predicted octanol–water partition coefficient (Wildman–Crippen LogP) is 5.11. The third-order valence-electron chi connectivity index (χ3n) is 9.72. The van der Waals surface area contributed by atoms with E-state index in [0.717, 1.165) is 5.56 Å². The minimum atomic E-state index is -4.10. The monoisotopic (exact) mass is 826 g/mol. The molecule has 0 aromatic heterocycles. The Morgan fingerprint density at radius 1 is 1.07 bits per heavy atom. The molecule has 4 atom stereocenters. The number of methoxy groups -OCH3 is 1. The van der Waals surface area contributed by atoms with Gasteiger partial charge in [-0.3, -0.25) is 19.4 Å². The van der Waals surface area contributed by atoms with E-state index in [2.05, 4.69) is 20.3 Å². The number of aryl methyl sites for hydroxylation is 1. The summed E-state index contributed by atoms with van der Waals surface area (Å²) in [5.74, 6) is -4.01. The number of sulfonamides is 1. The normalized spacial score (nSPS) is 16.5. The van der Waals surface area contributed by atoms with E-state index in [9.17, 15) is 32.7 Å². The highest BCUT2D eigenvalue weighted by atomic mass is 32.2. The highest BCUT2D eigenvalue weighted by Crippen LogP contribution is 2.30. The molecule has 6 N–H and O–H groups in total. The van der Waals surface area contributed by atoms with Gasteiger partial charge in [-0.15, -0.1) is 0 Å². The molecule has 1 fully saturated rings. The molecule has 1 saturated heterocycles. The predicted molar refractivity (Wildman–Crippen MR) is 223 cm³/mol. The molecule has 3 amide bonds. The largest absolute Gasteiger partial charge is 0.496 e. The number of carboxylic acids is 1. The second kappa shape index (κ2) is 21.0. The number of carbonyl (C=O) groups excluding carboxylic acids is 3. The summed E-state index contributed by atoms with van der Waals surface area (Å²) >= 11 is 0. The van der Waals surface area contributed by atoms with Crippen LogP contribution < -0.4 is 25.8 Å². The van der Waals surface area contributed by atoms with E-state index in [1.165, 1.54) is 7.11 Å². The number of amides is 3. The SMILES string of the molecule is COc1cc(C)c(S(=O)(=O)NC(N)=NCCC[C@H](C(=O)O)C(=O)N[C@@H]2CCCN2C(=O)[C@H](/C=C/[C@H](CC(C)C)NC(=O)OC(C)(C)C)Cc2ccccc2)c(C)c1C. The number of hydrogen-bond donors (Lipinski definition) is 5. The van der Waals surface area contributed by atoms with Gasteiger partial charge in [0.2, 0.25) is 17.8 Å². The Balaban J connectivity index is 1.71. The third kappa shape index (κ3) is 14.1. The molecule has 0 radical (unpaired) electrons. The summed E-state index contributed by atoms with van der Waals surface area (Å²) in [5, 5.41) is 15.7. The molecule has 0 unspecified atom stereocenters. The Hall–Kier alpha value is -5.12. The Bertz CT molecular complexity index is 1930. The first-order valence-corrected chi connectivity index (χ1v) is 21.1. The van der Waals surface area contributed by atoms with Crippen LogP contribution in [0, 0.1) is 38.5 Å². The molecule has 320 valence electrons. The number of carbonyl (C=O) groups is 4. The summed E-state index contributed by atoms with van der Waals surface area (Å²) in [6.07, 6.45) is 4.35. The molecule has 58 heavy (non-hydrogen) atoms. The summed E-state index contributed by atoms with van der Waals surface area (Å²) in [6, 6.07) is 10.7. The van der Waals surface area contributed by atoms with Crippen LogP contribution in [-0.4, -0.2) is 86.3 Å². The smallest absolute Gasteiger partial charge is 0.408 e. The van der Waals surface area contributed by atoms with Crippen molar-refractivity contribution in [1.29, 1.82) is 0 Å². The van der Waals surface area contributed by atoms with Crippen molar-refractivity contribution >= 4 is 39.9 Å². The van der Waals surface area contributed by atoms with Crippen molar-refractivity contribution in [1.82, 2.24) is 20.3 Å². The molecule has 2 aromatic rings. The maximum Gasteiger partial charge on any atom is 0.408 e. The number of nitrogens with zero attached hydrogens (tertiary/aromatic N) is 2. The zero-order chi connectivity index (χ0) is 43.4. The maximum absolute atomic E-state index is 14.3. The molecule has 0 saturated carbocycles. The molecule has 1 aliphatic heterocycles. The number of hydrogen-bond acceptors (Lipinski definition) is 9. The molecular formula is C42H62N6O9S. The molecule has 0 spiro atoms. The average Bonchev–Trinajstić information content (AvgIpc) is 3.57. The number of aliphatic carboxylic acids is 1. The van der Waals surface area contributed by atoms with E-state index < -0.39 is 57.6 Å². The van der Waals surface area contributed by atoms with Crippen LogP contribution in [0.3, 0.4) is 0 Å². The lowest BCUT2D eigenvalue weighted by atomic mass is 9.95. The second-order valence-corrected chi connectivity index (χ2v) is 17.8. The van der Waals surface area contributed by atoms with Gasteiger partial charge < -0.3 is 35.8 Å². The van der Waals surface area contributed by atoms with Gasteiger partial charge in [0, 0.05) is 13.1 Å². The zero-order valence-corrected chi connectivity index (χ0v) is 36.1. The number of nitrogens with two attached hydrogens (primary N) is 1. The Labute approximate surface area is 343 Å². The molecule has 2 aromatic carbocycles. The second-order valence-electron chi connectivity index (χ2n) is 16.1. The van der Waals surface area contributed by atoms with Gasteiger partial charge in [-0.2, -0.15) is 0 Å². The van der Waals surface area contributed by atoms with E-state index in [1.807, 2.05) is 50.3 Å². The van der Waals surface area contributed by atoms with Crippen molar-refractivity contribution in [2.75, 3.05) is 20.2 Å². The summed E-state index contributed by atoms with van der Waals surface area (Å²) < 4.78 is 39.5. The van der Waals surface area contributed by atoms with Crippen molar-refractivity contribution < 1.29 is 42.2 Å². The van der Waals surface area contributed by atoms with Crippen molar-refractivity contribution in [3.05, 3.63) is 70.8 Å². The summed E-state index contributed by atoms with van der Waals surface area (Å²) in [4.78, 5) is 58.4. The topological polar surface area (TPSA) is 219 Å². The molecule has 1 heterocycles. The highest BCUT2D eigenvalue weighted by Gasteiger charge is 2.36. The van der Waals surface area contributed by atoms with E-state index in [0.29, 0.717) is 54.7 Å². The van der Waals surface area contributed by atoms with Crippen LogP contribution in [0.4, 0.5) is 4.79 Å². The van der Waals surface area contributed by atoms with Crippen molar-refractivity contribution in [3.63, 3.8) is 0 Å². The van der Waals surface area contributed by atoms with Gasteiger partial charge in [0.25, 0.3) is 10.0 Å². The number of carboxylic acid groups (broad SMARTS) is 1. The molecule has 0 bridgehead atoms. The van der Waals surface area contributed by atoms with Gasteiger partial charge in [-0.25, -0.2) is 17.9 Å². The summed E-state index contributed by atoms with van der Waals surface area (Å²) in [7, 11) is -2.60. The first-order chi connectivity index (χ1) is 27.1. The number of aliphatic imine (C=N–C) groups is 1. The number of rotatable bonds is 18. The van der Waals surface area contributed by atoms with Crippen LogP contribution in [0.1, 0.15) is 89.0 Å². The minimum Gasteiger partial charge on any atom is -0.496 e. The molecule has 3 rings (SSSR count). The lowest BCUT2D eigenvalue weighted by molar-refractivity contribution is -0.148. The summed E-state index contributed by atoms with van der Waals surface area (Å²) in [5.41, 5.74) is 7.80. The molecule has 16 heteroatoms. The van der Waals surface area contributed by atoms with E-state index >= 15 is 0 Å². The van der Waals surface area contributed by atoms with Crippen LogP contribution in [0.5, 0.6) is 5.75 Å². The number of nitrogens with one attached hydrogen (secondary N) is 3. The van der Waals surface area contributed by atoms with Crippen LogP contribution >= 0.6 is 0 Å². The number of ether oxygens (including phenoxy) is 2. The van der Waals surface area contributed by atoms with Crippen LogP contribution in [0.25, 0.3) is 0 Å². The molecule has 1 aliphatic rings. The van der Waals surface area contributed by atoms with Crippen LogP contribution in [0.15, 0.2) is 58.4 Å². The average molecular weight is 827 g/mol. The van der Waals surface area contributed by atoms with Crippen LogP contribution in [-0.2, 0) is 35.6 Å². The van der Waals surface area contributed by atoms with Gasteiger partial charge in [-0.1, -0.05) is 56.3 Å². The minimum absolute atomic E-state index is 0.0485. The van der Waals surface area contributed by atoms with Gasteiger partial charge in [-0.05, 0) is 114 Å². The number of guanidine groups is 1. The molecule has 15 nitrogen and oxygen atoms in total. The molecular weight excluding hydrogens is 765 g/mol. The number of alkyl carbamates (subject to hydrolysis) is 1. The van der Waals surface area contributed by atoms with Gasteiger partial charge in [0.05, 0.1) is 24.0 Å². The quantitative estimate of drug-likeness (QED) is 0.0440. The Morgan fingerprint density at radius 3 is 2.34 bits per heavy atom. The number of benzene rings is 2. The first-order valence-electron chi connectivity index (χ1n) is 19.7. The van der Waals surface area contributed by atoms with E-state index in [4.69, 9.17) is 15.2 Å². The fourth-order valence-electron chi connectivity index (χ4n) is 6.91. The van der Waals surface area contributed by atoms with Gasteiger partial charge in [0.15, 0.2) is 0 Å². The molecule has 0 aliphatic carbocycles. The van der Waals surface area contributed by atoms with Gasteiger partial charge >= 0.3 is 12.1 Å². The Morgan fingerprint density at radius 2 is 1.74 bits per heavy atom. The number of likely N-dealkylation sites (tertiary alicyclic amines) is 1. The third-order valence-corrected chi connectivity index (χ3v) is 11.4. The van der Waals surface area contributed by atoms with Crippen molar-refractivity contribution in [3.8, 4) is 5.75 Å². The lowest BCUT2D eigenvalue weighted by Gasteiger charge is -2.29. The van der Waals surface area contributed by atoms with E-state index in [1.54, 1.807) is 58.6 Å². The van der Waals surface area contributed by atoms with Crippen molar-refractivity contribution in [2.24, 2.45) is 28.5 Å². The van der Waals surface area contributed by atoms with Crippen molar-refractivity contribution in [2.45, 2.75) is 117 Å². The zero-order valence-electron chi connectivity index (χ0n) is 35.3. The first kappa shape index (κ1) is 47.3. The standard InChI is InChI=1S/C42H62N6O9S/c1-26(2)23-32(45-41(53)57-42(6,7)8)20-19-31(25-30-15-11-10-12-16-30)38(50)48-22-14-18-35(48)46-37(49)33(39(51)52)17-13-21-44-40(43)47-58(54,55)36-27(3)24-34(56-9)28(4)29(36)5/h10-12,15-16,19-20,24,26,31-33,35H,13-14,17-18,21-23,25H2,1-9H3,(H,45,53)(H,46,49)(H,51,52)(H3,43,44,47)/b20-19+/t31-,32-,33+,35+/m1/s1.